The molecule has 0 bridgehead atoms. The van der Waals surface area contributed by atoms with E-state index in [1.165, 1.54) is 75.5 Å². The van der Waals surface area contributed by atoms with Gasteiger partial charge in [-0.15, -0.1) is 11.3 Å². The number of anilines is 3. The van der Waals surface area contributed by atoms with Gasteiger partial charge in [0.15, 0.2) is 0 Å². The van der Waals surface area contributed by atoms with Gasteiger partial charge < -0.3 is 4.90 Å². The minimum atomic E-state index is -0.0780. The van der Waals surface area contributed by atoms with Crippen LogP contribution in [-0.4, -0.2) is 0 Å². The van der Waals surface area contributed by atoms with Gasteiger partial charge in [0, 0.05) is 42.6 Å². The van der Waals surface area contributed by atoms with Crippen LogP contribution < -0.4 is 4.90 Å². The maximum Gasteiger partial charge on any atom is 0.0465 e. The summed E-state index contributed by atoms with van der Waals surface area (Å²) < 4.78 is 2.67. The summed E-state index contributed by atoms with van der Waals surface area (Å²) in [5.74, 6) is 0. The van der Waals surface area contributed by atoms with Crippen molar-refractivity contribution in [2.75, 3.05) is 4.90 Å². The van der Waals surface area contributed by atoms with Gasteiger partial charge in [-0.25, -0.2) is 0 Å². The molecule has 0 saturated carbocycles. The fourth-order valence-electron chi connectivity index (χ4n) is 8.16. The average Bonchev–Trinajstić information content (AvgIpc) is 3.65. The third kappa shape index (κ3) is 4.90. The fraction of sp³-hybridized carbons (Fsp3) is 0.0612. The maximum atomic E-state index is 2.41. The van der Waals surface area contributed by atoms with Crippen LogP contribution in [-0.2, 0) is 5.41 Å². The van der Waals surface area contributed by atoms with E-state index in [4.69, 9.17) is 0 Å². The molecule has 0 radical (unpaired) electrons. The Morgan fingerprint density at radius 1 is 0.392 bits per heavy atom. The second kappa shape index (κ2) is 11.6. The zero-order chi connectivity index (χ0) is 34.1. The standard InChI is InChI=1S/C49H35NS/c1-49(2)45-15-9-8-14-41(45)42-26-25-40(31-46(42)49)50(38-21-16-33(17-22-38)32-10-4-3-5-11-32)39-23-18-34(19-24-39)37-20-27-47-43(29-37)44-28-35-12-6-7-13-36(35)30-48(44)51-47/h3-31H,1-2H3. The largest absolute Gasteiger partial charge is 0.310 e. The fourth-order valence-corrected chi connectivity index (χ4v) is 9.27. The number of hydrogen-bond acceptors (Lipinski definition) is 2. The van der Waals surface area contributed by atoms with E-state index in [9.17, 15) is 0 Å². The molecule has 1 aliphatic carbocycles. The van der Waals surface area contributed by atoms with Crippen LogP contribution in [0, 0.1) is 0 Å². The lowest BCUT2D eigenvalue weighted by Gasteiger charge is -2.28. The van der Waals surface area contributed by atoms with E-state index >= 15 is 0 Å². The highest BCUT2D eigenvalue weighted by Crippen LogP contribution is 2.50. The molecule has 2 heteroatoms. The number of hydrogen-bond donors (Lipinski definition) is 0. The topological polar surface area (TPSA) is 3.24 Å². The van der Waals surface area contributed by atoms with E-state index in [0.717, 1.165) is 17.1 Å². The van der Waals surface area contributed by atoms with Gasteiger partial charge in [-0.1, -0.05) is 129 Å². The molecule has 242 valence electrons. The Hall–Kier alpha value is -5.96. The van der Waals surface area contributed by atoms with Crippen molar-refractivity contribution in [2.45, 2.75) is 19.3 Å². The zero-order valence-electron chi connectivity index (χ0n) is 28.6. The second-order valence-electron chi connectivity index (χ2n) is 14.2. The Morgan fingerprint density at radius 2 is 0.941 bits per heavy atom. The summed E-state index contributed by atoms with van der Waals surface area (Å²) in [6.45, 7) is 4.70. The highest BCUT2D eigenvalue weighted by atomic mass is 32.1. The summed E-state index contributed by atoms with van der Waals surface area (Å²) in [4.78, 5) is 2.40. The molecule has 8 aromatic carbocycles. The SMILES string of the molecule is CC1(C)c2ccccc2-c2ccc(N(c3ccc(-c4ccccc4)cc3)c3ccc(-c4ccc5sc6cc7ccccc7cc6c5c4)cc3)cc21. The van der Waals surface area contributed by atoms with Crippen LogP contribution >= 0.6 is 11.3 Å². The third-order valence-corrected chi connectivity index (χ3v) is 12.0. The molecule has 51 heavy (non-hydrogen) atoms. The van der Waals surface area contributed by atoms with Crippen LogP contribution in [0.5, 0.6) is 0 Å². The van der Waals surface area contributed by atoms with Gasteiger partial charge in [-0.2, -0.15) is 0 Å². The van der Waals surface area contributed by atoms with E-state index in [-0.39, 0.29) is 5.41 Å². The van der Waals surface area contributed by atoms with Gasteiger partial charge in [-0.3, -0.25) is 0 Å². The number of rotatable bonds is 5. The first-order chi connectivity index (χ1) is 25.0. The lowest BCUT2D eigenvalue weighted by Crippen LogP contribution is -2.16. The van der Waals surface area contributed by atoms with Crippen molar-refractivity contribution in [1.29, 1.82) is 0 Å². The van der Waals surface area contributed by atoms with Crippen molar-refractivity contribution < 1.29 is 0 Å². The average molecular weight is 670 g/mol. The van der Waals surface area contributed by atoms with Crippen molar-refractivity contribution in [2.24, 2.45) is 0 Å². The Morgan fingerprint density at radius 3 is 1.69 bits per heavy atom. The molecule has 0 aliphatic heterocycles. The second-order valence-corrected chi connectivity index (χ2v) is 15.3. The predicted octanol–water partition coefficient (Wildman–Crippen LogP) is 14.3. The number of fused-ring (bicyclic) bond motifs is 7. The summed E-state index contributed by atoms with van der Waals surface area (Å²) in [5.41, 5.74) is 13.7. The smallest absolute Gasteiger partial charge is 0.0465 e. The van der Waals surface area contributed by atoms with Gasteiger partial charge in [-0.05, 0) is 116 Å². The monoisotopic (exact) mass is 669 g/mol. The first kappa shape index (κ1) is 29.9. The van der Waals surface area contributed by atoms with E-state index in [1.54, 1.807) is 0 Å². The van der Waals surface area contributed by atoms with Crippen molar-refractivity contribution >= 4 is 59.3 Å². The molecular weight excluding hydrogens is 635 g/mol. The van der Waals surface area contributed by atoms with Crippen LogP contribution in [0.3, 0.4) is 0 Å². The van der Waals surface area contributed by atoms with Crippen LogP contribution in [0.4, 0.5) is 17.1 Å². The Balaban J connectivity index is 1.06. The maximum absolute atomic E-state index is 2.41. The van der Waals surface area contributed by atoms with Crippen molar-refractivity contribution in [3.8, 4) is 33.4 Å². The van der Waals surface area contributed by atoms with Gasteiger partial charge in [0.2, 0.25) is 0 Å². The van der Waals surface area contributed by atoms with Gasteiger partial charge in [0.1, 0.15) is 0 Å². The van der Waals surface area contributed by atoms with Crippen LogP contribution in [0.25, 0.3) is 64.3 Å². The number of nitrogens with zero attached hydrogens (tertiary/aromatic N) is 1. The van der Waals surface area contributed by atoms with Crippen molar-refractivity contribution in [3.63, 3.8) is 0 Å². The Kier molecular flexibility index (Phi) is 6.78. The molecule has 0 amide bonds. The molecule has 10 rings (SSSR count). The molecule has 0 N–H and O–H groups in total. The van der Waals surface area contributed by atoms with Crippen LogP contribution in [0.2, 0.25) is 0 Å². The summed E-state index contributed by atoms with van der Waals surface area (Å²) in [6, 6.07) is 64.9. The zero-order valence-corrected chi connectivity index (χ0v) is 29.4. The molecule has 1 heterocycles. The van der Waals surface area contributed by atoms with Gasteiger partial charge in [0.05, 0.1) is 0 Å². The number of benzene rings is 8. The summed E-state index contributed by atoms with van der Waals surface area (Å²) in [7, 11) is 0. The van der Waals surface area contributed by atoms with Crippen LogP contribution in [0.1, 0.15) is 25.0 Å². The molecule has 1 aromatic heterocycles. The highest BCUT2D eigenvalue weighted by molar-refractivity contribution is 7.25. The molecular formula is C49H35NS. The number of thiophene rings is 1. The molecule has 9 aromatic rings. The summed E-state index contributed by atoms with van der Waals surface area (Å²) in [5, 5.41) is 5.24. The molecule has 0 fully saturated rings. The molecule has 0 saturated heterocycles. The van der Waals surface area contributed by atoms with Crippen LogP contribution in [0.15, 0.2) is 176 Å². The van der Waals surface area contributed by atoms with Crippen molar-refractivity contribution in [1.82, 2.24) is 0 Å². The first-order valence-electron chi connectivity index (χ1n) is 17.7. The predicted molar refractivity (Wildman–Crippen MR) is 220 cm³/mol. The highest BCUT2D eigenvalue weighted by Gasteiger charge is 2.35. The minimum Gasteiger partial charge on any atom is -0.310 e. The van der Waals surface area contributed by atoms with Gasteiger partial charge >= 0.3 is 0 Å². The summed E-state index contributed by atoms with van der Waals surface area (Å²) in [6.07, 6.45) is 0. The molecule has 1 nitrogen and oxygen atoms in total. The lowest BCUT2D eigenvalue weighted by atomic mass is 9.82. The van der Waals surface area contributed by atoms with Crippen molar-refractivity contribution in [3.05, 3.63) is 187 Å². The quantitative estimate of drug-likeness (QED) is 0.176. The molecule has 0 spiro atoms. The van der Waals surface area contributed by atoms with Gasteiger partial charge in [0.25, 0.3) is 0 Å². The van der Waals surface area contributed by atoms with E-state index in [0.29, 0.717) is 0 Å². The first-order valence-corrected chi connectivity index (χ1v) is 18.5. The van der Waals surface area contributed by atoms with E-state index in [2.05, 4.69) is 195 Å². The lowest BCUT2D eigenvalue weighted by molar-refractivity contribution is 0.660. The van der Waals surface area contributed by atoms with E-state index in [1.807, 2.05) is 11.3 Å². The summed E-state index contributed by atoms with van der Waals surface area (Å²) >= 11 is 1.88. The molecule has 1 aliphatic rings. The Bertz CT molecular complexity index is 2750. The molecule has 0 unspecified atom stereocenters. The molecule has 0 atom stereocenters. The Labute approximate surface area is 302 Å². The van der Waals surface area contributed by atoms with E-state index < -0.39 is 0 Å². The minimum absolute atomic E-state index is 0.0780. The third-order valence-electron chi connectivity index (χ3n) is 10.9. The normalized spacial score (nSPS) is 13.1.